The van der Waals surface area contributed by atoms with Gasteiger partial charge >= 0.3 is 0 Å². The van der Waals surface area contributed by atoms with E-state index in [0.29, 0.717) is 31.2 Å². The van der Waals surface area contributed by atoms with Crippen LogP contribution in [0.5, 0.6) is 11.6 Å². The normalized spacial score (nSPS) is 19.5. The second-order valence-corrected chi connectivity index (χ2v) is 12.2. The first-order valence-electron chi connectivity index (χ1n) is 14.3. The monoisotopic (exact) mass is 551 g/mol. The number of nitrogens with two attached hydrogens (primary N) is 2. The quantitative estimate of drug-likeness (QED) is 0.330. The summed E-state index contributed by atoms with van der Waals surface area (Å²) in [4.78, 5) is 25.2. The number of carbonyl (C=O) groups is 2. The second kappa shape index (κ2) is 11.5. The number of aryl methyl sites for hydroxylation is 1. The van der Waals surface area contributed by atoms with Crippen molar-refractivity contribution in [3.8, 4) is 11.6 Å². The van der Waals surface area contributed by atoms with Gasteiger partial charge in [0.05, 0.1) is 29.6 Å². The number of hydrogen-bond donors (Lipinski definition) is 3. The Balaban J connectivity index is 1.21. The van der Waals surface area contributed by atoms with Gasteiger partial charge in [0.2, 0.25) is 5.88 Å². The standard InChI is InChI=1S/C29H41N7O4/c1-29(2,3)17-39-24-12-11-23-21(15-32-36(23)25(24)18-5-6-18)27(38)33-19-7-9-20(10-8-19)40-28-22(26(31)37)16-35(34-28)14-4-13-30/h11-12,15-16,18-20H,4-10,13-14,17,30H2,1-3H3,(H2,31,37)(H,33,38)/t19-,20-. The number of amides is 2. The van der Waals surface area contributed by atoms with E-state index < -0.39 is 5.91 Å². The summed E-state index contributed by atoms with van der Waals surface area (Å²) in [6.45, 7) is 8.18. The van der Waals surface area contributed by atoms with Gasteiger partial charge in [-0.2, -0.15) is 5.10 Å². The topological polar surface area (TPSA) is 152 Å². The Morgan fingerprint density at radius 1 is 1.10 bits per heavy atom. The van der Waals surface area contributed by atoms with Crippen LogP contribution in [0, 0.1) is 5.41 Å². The van der Waals surface area contributed by atoms with Crippen LogP contribution >= 0.6 is 0 Å². The van der Waals surface area contributed by atoms with Gasteiger partial charge in [-0.3, -0.25) is 14.3 Å². The van der Waals surface area contributed by atoms with Crippen LogP contribution in [0.15, 0.2) is 24.5 Å². The molecule has 0 unspecified atom stereocenters. The molecule has 216 valence electrons. The van der Waals surface area contributed by atoms with E-state index in [1.807, 2.05) is 16.6 Å². The van der Waals surface area contributed by atoms with Crippen molar-refractivity contribution in [1.82, 2.24) is 24.7 Å². The summed E-state index contributed by atoms with van der Waals surface area (Å²) in [5.74, 6) is 0.829. The number of hydrogen-bond acceptors (Lipinski definition) is 7. The maximum absolute atomic E-state index is 13.3. The zero-order valence-corrected chi connectivity index (χ0v) is 23.7. The Morgan fingerprint density at radius 3 is 2.50 bits per heavy atom. The van der Waals surface area contributed by atoms with Gasteiger partial charge in [0.25, 0.3) is 11.8 Å². The number of pyridine rings is 1. The van der Waals surface area contributed by atoms with E-state index in [4.69, 9.17) is 20.9 Å². The summed E-state index contributed by atoms with van der Waals surface area (Å²) < 4.78 is 15.8. The minimum Gasteiger partial charge on any atom is -0.491 e. The van der Waals surface area contributed by atoms with Gasteiger partial charge in [0, 0.05) is 24.7 Å². The smallest absolute Gasteiger partial charge is 0.255 e. The number of carbonyl (C=O) groups excluding carboxylic acids is 2. The zero-order valence-electron chi connectivity index (χ0n) is 23.7. The average Bonchev–Trinajstić information content (AvgIpc) is 3.52. The Bertz CT molecular complexity index is 1360. The van der Waals surface area contributed by atoms with Crippen LogP contribution in [0.3, 0.4) is 0 Å². The summed E-state index contributed by atoms with van der Waals surface area (Å²) in [7, 11) is 0. The molecule has 3 aromatic rings. The molecule has 11 nitrogen and oxygen atoms in total. The molecule has 2 aliphatic carbocycles. The molecule has 3 heterocycles. The van der Waals surface area contributed by atoms with E-state index >= 15 is 0 Å². The summed E-state index contributed by atoms with van der Waals surface area (Å²) in [6, 6.07) is 3.93. The maximum Gasteiger partial charge on any atom is 0.255 e. The van der Waals surface area contributed by atoms with Gasteiger partial charge < -0.3 is 26.3 Å². The fourth-order valence-corrected chi connectivity index (χ4v) is 5.15. The zero-order chi connectivity index (χ0) is 28.4. The fraction of sp³-hybridized carbons (Fsp3) is 0.586. The van der Waals surface area contributed by atoms with Crippen LogP contribution in [-0.4, -0.2) is 56.5 Å². The molecular weight excluding hydrogens is 510 g/mol. The van der Waals surface area contributed by atoms with E-state index in [0.717, 1.165) is 61.9 Å². The van der Waals surface area contributed by atoms with Crippen molar-refractivity contribution in [3.63, 3.8) is 0 Å². The highest BCUT2D eigenvalue weighted by molar-refractivity contribution is 6.01. The maximum atomic E-state index is 13.3. The molecule has 2 amide bonds. The van der Waals surface area contributed by atoms with Gasteiger partial charge in [-0.25, -0.2) is 4.52 Å². The second-order valence-electron chi connectivity index (χ2n) is 12.2. The highest BCUT2D eigenvalue weighted by atomic mass is 16.5. The molecule has 2 saturated carbocycles. The van der Waals surface area contributed by atoms with Crippen molar-refractivity contribution in [1.29, 1.82) is 0 Å². The lowest BCUT2D eigenvalue weighted by Gasteiger charge is -2.29. The van der Waals surface area contributed by atoms with Crippen LogP contribution < -0.4 is 26.3 Å². The van der Waals surface area contributed by atoms with Crippen molar-refractivity contribution < 1.29 is 19.1 Å². The van der Waals surface area contributed by atoms with Gasteiger partial charge in [-0.15, -0.1) is 5.10 Å². The van der Waals surface area contributed by atoms with Gasteiger partial charge in [0.1, 0.15) is 17.4 Å². The summed E-state index contributed by atoms with van der Waals surface area (Å²) >= 11 is 0. The predicted molar refractivity (Wildman–Crippen MR) is 151 cm³/mol. The summed E-state index contributed by atoms with van der Waals surface area (Å²) in [6.07, 6.45) is 9.09. The average molecular weight is 552 g/mol. The van der Waals surface area contributed by atoms with E-state index in [1.165, 1.54) is 0 Å². The van der Waals surface area contributed by atoms with E-state index in [2.05, 4.69) is 36.3 Å². The van der Waals surface area contributed by atoms with Crippen LogP contribution in [0.4, 0.5) is 0 Å². The molecule has 2 fully saturated rings. The largest absolute Gasteiger partial charge is 0.491 e. The van der Waals surface area contributed by atoms with E-state index in [9.17, 15) is 9.59 Å². The van der Waals surface area contributed by atoms with Crippen molar-refractivity contribution in [2.75, 3.05) is 13.2 Å². The molecular formula is C29H41N7O4. The summed E-state index contributed by atoms with van der Waals surface area (Å²) in [5, 5.41) is 12.2. The number of aromatic nitrogens is 4. The van der Waals surface area contributed by atoms with Gasteiger partial charge in [-0.05, 0) is 69.0 Å². The lowest BCUT2D eigenvalue weighted by atomic mass is 9.92. The van der Waals surface area contributed by atoms with Crippen LogP contribution in [0.1, 0.15) is 98.0 Å². The molecule has 0 radical (unpaired) electrons. The third kappa shape index (κ3) is 6.41. The van der Waals surface area contributed by atoms with Crippen molar-refractivity contribution in [2.45, 2.75) is 90.3 Å². The summed E-state index contributed by atoms with van der Waals surface area (Å²) in [5.41, 5.74) is 13.9. The fourth-order valence-electron chi connectivity index (χ4n) is 5.15. The first-order chi connectivity index (χ1) is 19.1. The highest BCUT2D eigenvalue weighted by Crippen LogP contribution is 2.44. The van der Waals surface area contributed by atoms with Crippen molar-refractivity contribution in [2.24, 2.45) is 16.9 Å². The third-order valence-electron chi connectivity index (χ3n) is 7.42. The number of primary amides is 1. The van der Waals surface area contributed by atoms with Crippen molar-refractivity contribution >= 4 is 17.3 Å². The molecule has 0 bridgehead atoms. The minimum atomic E-state index is -0.568. The molecule has 11 heteroatoms. The van der Waals surface area contributed by atoms with E-state index in [-0.39, 0.29) is 34.9 Å². The molecule has 3 aromatic heterocycles. The molecule has 0 aromatic carbocycles. The van der Waals surface area contributed by atoms with Gasteiger partial charge in [-0.1, -0.05) is 20.8 Å². The van der Waals surface area contributed by atoms with Crippen LogP contribution in [0.2, 0.25) is 0 Å². The Morgan fingerprint density at radius 2 is 1.85 bits per heavy atom. The Labute approximate surface area is 234 Å². The first kappa shape index (κ1) is 27.9. The highest BCUT2D eigenvalue weighted by Gasteiger charge is 2.32. The van der Waals surface area contributed by atoms with Gasteiger partial charge in [0.15, 0.2) is 0 Å². The molecule has 0 atom stereocenters. The Kier molecular flexibility index (Phi) is 8.02. The molecule has 2 aliphatic rings. The number of nitrogens with zero attached hydrogens (tertiary/aromatic N) is 4. The molecule has 40 heavy (non-hydrogen) atoms. The lowest BCUT2D eigenvalue weighted by Crippen LogP contribution is -2.39. The molecule has 0 aliphatic heterocycles. The Hall–Kier alpha value is -3.60. The number of fused-ring (bicyclic) bond motifs is 1. The van der Waals surface area contributed by atoms with E-state index in [1.54, 1.807) is 17.1 Å². The third-order valence-corrected chi connectivity index (χ3v) is 7.42. The number of rotatable bonds is 11. The predicted octanol–water partition coefficient (Wildman–Crippen LogP) is 3.40. The SMILES string of the molecule is CC(C)(C)COc1ccc2c(C(=O)N[C@H]3CC[C@H](Oc4nn(CCCN)cc4C(N)=O)CC3)cnn2c1C1CC1. The van der Waals surface area contributed by atoms with Crippen molar-refractivity contribution in [3.05, 3.63) is 41.3 Å². The van der Waals surface area contributed by atoms with Crippen LogP contribution in [-0.2, 0) is 6.54 Å². The minimum absolute atomic E-state index is 0.0253. The molecule has 5 rings (SSSR count). The first-order valence-corrected chi connectivity index (χ1v) is 14.3. The molecule has 0 saturated heterocycles. The lowest BCUT2D eigenvalue weighted by molar-refractivity contribution is 0.0882. The van der Waals surface area contributed by atoms with Crippen LogP contribution in [0.25, 0.3) is 5.52 Å². The number of nitrogens with one attached hydrogen (secondary N) is 1. The molecule has 0 spiro atoms. The number of ether oxygens (including phenoxy) is 2. The molecule has 5 N–H and O–H groups in total.